The van der Waals surface area contributed by atoms with Crippen LogP contribution in [0.2, 0.25) is 0 Å². The van der Waals surface area contributed by atoms with Crippen LogP contribution in [0.1, 0.15) is 100 Å². The van der Waals surface area contributed by atoms with Crippen molar-refractivity contribution in [1.29, 1.82) is 0 Å². The molecule has 18 aromatic rings. The molecule has 0 radical (unpaired) electrons. The fourth-order valence-corrected chi connectivity index (χ4v) is 15.9. The summed E-state index contributed by atoms with van der Waals surface area (Å²) in [4.78, 5) is 9.74. The second-order valence-electron chi connectivity index (χ2n) is 36.6. The van der Waals surface area contributed by atoms with E-state index in [-0.39, 0.29) is 69.2 Å². The zero-order valence-electron chi connectivity index (χ0n) is 84.8. The van der Waals surface area contributed by atoms with Crippen molar-refractivity contribution in [3.8, 4) is 0 Å². The van der Waals surface area contributed by atoms with Crippen LogP contribution in [0.15, 0.2) is 346 Å². The molecule has 21 heteroatoms. The van der Waals surface area contributed by atoms with Gasteiger partial charge in [-0.1, -0.05) is 178 Å². The highest BCUT2D eigenvalue weighted by Gasteiger charge is 2.29. The minimum Gasteiger partial charge on any atom is -0.310 e. The molecule has 18 rings (SSSR count). The van der Waals surface area contributed by atoms with E-state index in [0.717, 1.165) is 79.1 Å². The molecule has 0 aliphatic carbocycles. The average molecular weight is 1990 g/mol. The van der Waals surface area contributed by atoms with E-state index in [4.69, 9.17) is 0 Å². The zero-order chi connectivity index (χ0) is 106. The normalized spacial score (nSPS) is 10.8. The van der Waals surface area contributed by atoms with Crippen molar-refractivity contribution < 1.29 is 65.9 Å². The molecule has 0 saturated carbocycles. The molecule has 6 nitrogen and oxygen atoms in total. The number of anilines is 18. The van der Waals surface area contributed by atoms with Gasteiger partial charge in [0.2, 0.25) is 0 Å². The van der Waals surface area contributed by atoms with Gasteiger partial charge in [0, 0.05) is 85.6 Å². The Bertz CT molecular complexity index is 7380. The van der Waals surface area contributed by atoms with Crippen molar-refractivity contribution in [2.45, 2.75) is 125 Å². The summed E-state index contributed by atoms with van der Waals surface area (Å²) >= 11 is 0. The first-order valence-electron chi connectivity index (χ1n) is 47.4. The molecule has 0 aliphatic rings. The average Bonchev–Trinajstić information content (AvgIpc) is 0.773. The second kappa shape index (κ2) is 47.9. The van der Waals surface area contributed by atoms with Crippen molar-refractivity contribution >= 4 is 102 Å². The van der Waals surface area contributed by atoms with Gasteiger partial charge in [0.1, 0.15) is 63.9 Å². The van der Waals surface area contributed by atoms with E-state index in [1.54, 1.807) is 184 Å². The van der Waals surface area contributed by atoms with Crippen molar-refractivity contribution in [2.24, 2.45) is 0 Å². The summed E-state index contributed by atoms with van der Waals surface area (Å²) in [7, 11) is 0. The molecule has 18 aromatic carbocycles. The predicted molar refractivity (Wildman–Crippen MR) is 571 cm³/mol. The van der Waals surface area contributed by atoms with Crippen molar-refractivity contribution in [2.75, 3.05) is 29.4 Å². The third-order valence-electron chi connectivity index (χ3n) is 24.7. The van der Waals surface area contributed by atoms with Crippen LogP contribution in [-0.2, 0) is 0 Å². The SMILES string of the molecule is Cc1ccc(N(c2ccc(C)c(F)c2)c2ccc(C)c(F)c2)cc1.Cc1ccc(N(c2ccc(C)c(F)c2)c2ccc(C)c(F)c2)cc1F.Cc1ccc(N(c2ccc(C)c(F)c2)c2ccc(C)cc2F)cc1.Cc1ccc(N(c2ccc(C)cc2)c2c(F)cc(C)c(F)c2F)cc1.Cc1ccc(N(c2ccc(C)cc2)c2cc(F)c(C)c(F)c2F)cc1.Cc1ccc(N(c2ccc(C)cc2F)c2ccc(C)cc2F)cc1. The van der Waals surface area contributed by atoms with E-state index in [1.807, 2.05) is 226 Å². The van der Waals surface area contributed by atoms with Gasteiger partial charge in [-0.2, -0.15) is 0 Å². The number of hydrogen-bond acceptors (Lipinski definition) is 6. The number of hydrogen-bond donors (Lipinski definition) is 0. The van der Waals surface area contributed by atoms with E-state index < -0.39 is 40.6 Å². The molecule has 0 heterocycles. The second-order valence-corrected chi connectivity index (χ2v) is 36.6. The molecule has 0 fully saturated rings. The molecular formula is C126H111F15N6. The monoisotopic (exact) mass is 1990 g/mol. The van der Waals surface area contributed by atoms with Gasteiger partial charge < -0.3 is 29.4 Å². The van der Waals surface area contributed by atoms with Gasteiger partial charge >= 0.3 is 0 Å². The number of rotatable bonds is 18. The summed E-state index contributed by atoms with van der Waals surface area (Å²) < 4.78 is 215. The van der Waals surface area contributed by atoms with Crippen LogP contribution < -0.4 is 29.4 Å². The topological polar surface area (TPSA) is 19.4 Å². The lowest BCUT2D eigenvalue weighted by molar-refractivity contribution is 0.488. The van der Waals surface area contributed by atoms with Gasteiger partial charge in [0.05, 0.1) is 22.7 Å². The highest BCUT2D eigenvalue weighted by Crippen LogP contribution is 2.46. The summed E-state index contributed by atoms with van der Waals surface area (Å²) in [5.74, 6) is -9.14. The number of halogens is 15. The Labute approximate surface area is 850 Å². The highest BCUT2D eigenvalue weighted by molar-refractivity contribution is 5.84. The van der Waals surface area contributed by atoms with Gasteiger partial charge in [0.15, 0.2) is 29.1 Å². The van der Waals surface area contributed by atoms with Gasteiger partial charge in [-0.25, -0.2) is 65.9 Å². The third-order valence-corrected chi connectivity index (χ3v) is 24.7. The van der Waals surface area contributed by atoms with Crippen LogP contribution in [0.3, 0.4) is 0 Å². The summed E-state index contributed by atoms with van der Waals surface area (Å²) in [5.41, 5.74) is 21.3. The molecule has 147 heavy (non-hydrogen) atoms. The van der Waals surface area contributed by atoms with Crippen LogP contribution in [0, 0.1) is 212 Å². The van der Waals surface area contributed by atoms with Crippen molar-refractivity contribution in [3.05, 3.63) is 533 Å². The first kappa shape index (κ1) is 108. The van der Waals surface area contributed by atoms with E-state index in [1.165, 1.54) is 78.2 Å². The Hall–Kier alpha value is -16.3. The Kier molecular flexibility index (Phi) is 35.2. The largest absolute Gasteiger partial charge is 0.310 e. The summed E-state index contributed by atoms with van der Waals surface area (Å²) in [6, 6.07) is 98.6. The fraction of sp³-hybridized carbons (Fsp3) is 0.143. The quantitative estimate of drug-likeness (QED) is 0.0625. The van der Waals surface area contributed by atoms with Gasteiger partial charge in [0.25, 0.3) is 0 Å². The van der Waals surface area contributed by atoms with E-state index in [0.29, 0.717) is 113 Å². The molecule has 0 aliphatic heterocycles. The summed E-state index contributed by atoms with van der Waals surface area (Å²) in [5, 5.41) is 0. The Balaban J connectivity index is 0.000000147. The highest BCUT2D eigenvalue weighted by atomic mass is 19.2. The van der Waals surface area contributed by atoms with Crippen LogP contribution in [0.5, 0.6) is 0 Å². The maximum Gasteiger partial charge on any atom is 0.186 e. The van der Waals surface area contributed by atoms with Crippen molar-refractivity contribution in [3.63, 3.8) is 0 Å². The lowest BCUT2D eigenvalue weighted by Crippen LogP contribution is -2.15. The lowest BCUT2D eigenvalue weighted by Gasteiger charge is -2.27. The van der Waals surface area contributed by atoms with E-state index >= 15 is 0 Å². The van der Waals surface area contributed by atoms with Crippen molar-refractivity contribution in [1.82, 2.24) is 0 Å². The molecule has 0 N–H and O–H groups in total. The third kappa shape index (κ3) is 26.5. The van der Waals surface area contributed by atoms with Gasteiger partial charge in [-0.05, 0) is 380 Å². The molecule has 750 valence electrons. The van der Waals surface area contributed by atoms with Crippen LogP contribution in [0.25, 0.3) is 0 Å². The predicted octanol–water partition coefficient (Wildman–Crippen LogP) is 38.6. The Morgan fingerprint density at radius 2 is 0.327 bits per heavy atom. The number of nitrogens with zero attached hydrogens (tertiary/aromatic N) is 6. The molecule has 0 aromatic heterocycles. The Morgan fingerprint density at radius 3 is 0.578 bits per heavy atom. The molecule has 0 atom stereocenters. The van der Waals surface area contributed by atoms with Gasteiger partial charge in [-0.3, -0.25) is 0 Å². The van der Waals surface area contributed by atoms with E-state index in [9.17, 15) is 65.9 Å². The maximum absolute atomic E-state index is 14.6. The fourth-order valence-electron chi connectivity index (χ4n) is 15.9. The van der Waals surface area contributed by atoms with Crippen LogP contribution in [-0.4, -0.2) is 0 Å². The molecule has 0 saturated heterocycles. The minimum atomic E-state index is -1.20. The van der Waals surface area contributed by atoms with Crippen LogP contribution in [0.4, 0.5) is 168 Å². The molecule has 0 bridgehead atoms. The van der Waals surface area contributed by atoms with Gasteiger partial charge in [-0.15, -0.1) is 0 Å². The lowest BCUT2D eigenvalue weighted by atomic mass is 10.1. The molecule has 0 spiro atoms. The minimum absolute atomic E-state index is 0.0634. The smallest absolute Gasteiger partial charge is 0.186 e. The van der Waals surface area contributed by atoms with Crippen LogP contribution >= 0.6 is 0 Å². The first-order chi connectivity index (χ1) is 70.0. The molecular weight excluding hydrogens is 1880 g/mol. The number of aryl methyl sites for hydroxylation is 17. The molecule has 0 unspecified atom stereocenters. The van der Waals surface area contributed by atoms with E-state index in [2.05, 4.69) is 0 Å². The first-order valence-corrected chi connectivity index (χ1v) is 47.4. The zero-order valence-corrected chi connectivity index (χ0v) is 84.8. The maximum atomic E-state index is 14.6. The number of benzene rings is 18. The standard InChI is InChI=1S/3C21H18F3N.3C21H19F2N/c1-13-4-8-16(9-5-13)25(17-10-6-14(2)7-11-17)19-12-18(22)15(3)20(23)21(19)24;1-13-4-8-16(9-5-13)25(17-10-6-14(2)7-11-17)21-18(22)12-15(3)19(23)20(21)24;1-13-4-7-16(10-19(13)22)25(17-8-5-14(2)20(23)11-17)18-9-6-15(3)21(24)12-18;1-14-4-8-17(9-5-14)24(18-10-7-16(3)19(22)13-18)21-11-6-15(2)12-20(21)23;1-14-4-8-17(9-5-14)24(18-10-6-15(2)20(22)12-18)19-11-7-16(3)21(23)13-19;1-14-4-8-17(9-5-14)24(20-10-6-15(2)12-18(20)22)21-11-7-16(3)13-19(21)23/h3*4-12H,1-3H3;3*4-13H,1-3H3. The summed E-state index contributed by atoms with van der Waals surface area (Å²) in [6.45, 7) is 31.9. The Morgan fingerprint density at radius 1 is 0.122 bits per heavy atom. The molecule has 0 amide bonds. The summed E-state index contributed by atoms with van der Waals surface area (Å²) in [6.07, 6.45) is 0.